The van der Waals surface area contributed by atoms with Crippen molar-refractivity contribution in [3.8, 4) is 0 Å². The van der Waals surface area contributed by atoms with Crippen molar-refractivity contribution in [2.45, 2.75) is 107 Å². The molecule has 22 N–H and O–H groups in total. The first-order valence-electron chi connectivity index (χ1n) is 20.8. The molecule has 6 atom stereocenters. The van der Waals surface area contributed by atoms with Crippen LogP contribution in [0, 0.1) is 0 Å². The summed E-state index contributed by atoms with van der Waals surface area (Å²) in [5.74, 6) is -10.7. The maximum Gasteiger partial charge on any atom is 0.322 e. The van der Waals surface area contributed by atoms with Gasteiger partial charge in [0.25, 0.3) is 0 Å². The zero-order valence-electron chi connectivity index (χ0n) is 37.4. The number of carboxylic acid groups (broad SMARTS) is 2. The van der Waals surface area contributed by atoms with Gasteiger partial charge in [0, 0.05) is 32.4 Å². The van der Waals surface area contributed by atoms with Crippen molar-refractivity contribution in [1.82, 2.24) is 42.5 Å². The van der Waals surface area contributed by atoms with Crippen molar-refractivity contribution in [2.24, 2.45) is 44.4 Å². The maximum atomic E-state index is 14.0. The third-order valence-electron chi connectivity index (χ3n) is 9.23. The van der Waals surface area contributed by atoms with E-state index in [-0.39, 0.29) is 75.7 Å². The fraction of sp³-hybridized carbons (Fsp3) is 0.649. The van der Waals surface area contributed by atoms with E-state index in [2.05, 4.69) is 52.5 Å². The van der Waals surface area contributed by atoms with Crippen LogP contribution < -0.4 is 76.9 Å². The molecule has 0 heterocycles. The number of aliphatic carboxylic acids is 2. The molecule has 0 radical (unpaired) electrons. The Hall–Kier alpha value is -6.98. The smallest absolute Gasteiger partial charge is 0.322 e. The number of aliphatic imine (C=N–C) groups is 2. The number of thioether (sulfide) groups is 1. The van der Waals surface area contributed by atoms with Crippen LogP contribution in [0.25, 0.3) is 0 Å². The number of guanidine groups is 2. The molecule has 6 unspecified atom stereocenters. The van der Waals surface area contributed by atoms with Crippen LogP contribution in [-0.4, -0.2) is 169 Å². The number of nitrogens with zero attached hydrogens (tertiary/aromatic N) is 2. The Bertz CT molecular complexity index is 1780. The number of carbonyl (C=O) groups excluding carboxylic acids is 9. The predicted molar refractivity (Wildman–Crippen MR) is 243 cm³/mol. The number of nitrogens with two attached hydrogens (primary N) is 6. The summed E-state index contributed by atoms with van der Waals surface area (Å²) in [6.45, 7) is -1.27. The third-order valence-corrected chi connectivity index (χ3v) is 9.88. The van der Waals surface area contributed by atoms with Gasteiger partial charge in [-0.1, -0.05) is 0 Å². The van der Waals surface area contributed by atoms with Crippen LogP contribution in [0.1, 0.15) is 70.6 Å². The Morgan fingerprint density at radius 1 is 0.493 bits per heavy atom. The van der Waals surface area contributed by atoms with E-state index in [1.54, 1.807) is 6.26 Å². The van der Waals surface area contributed by atoms with Crippen LogP contribution in [0.4, 0.5) is 0 Å². The number of nitrogens with one attached hydrogen (secondary N) is 8. The van der Waals surface area contributed by atoms with Gasteiger partial charge in [0.1, 0.15) is 43.3 Å². The van der Waals surface area contributed by atoms with Crippen molar-refractivity contribution < 1.29 is 63.0 Å². The van der Waals surface area contributed by atoms with Gasteiger partial charge in [0.2, 0.25) is 53.2 Å². The molecule has 30 heteroatoms. The second-order valence-corrected chi connectivity index (χ2v) is 15.6. The van der Waals surface area contributed by atoms with E-state index in [1.165, 1.54) is 18.8 Å². The second kappa shape index (κ2) is 33.5. The van der Waals surface area contributed by atoms with Gasteiger partial charge >= 0.3 is 11.9 Å². The van der Waals surface area contributed by atoms with Gasteiger partial charge in [-0.05, 0) is 70.4 Å². The minimum Gasteiger partial charge on any atom is -0.480 e. The Morgan fingerprint density at radius 3 is 1.19 bits per heavy atom. The number of carbonyl (C=O) groups is 11. The molecular formula is C37H66N16O13S. The average molecular weight is 975 g/mol. The monoisotopic (exact) mass is 974 g/mol. The molecule has 9 amide bonds. The fourth-order valence-electron chi connectivity index (χ4n) is 5.73. The van der Waals surface area contributed by atoms with Crippen LogP contribution in [0.15, 0.2) is 9.98 Å². The lowest BCUT2D eigenvalue weighted by Crippen LogP contribution is -2.59. The predicted octanol–water partition coefficient (Wildman–Crippen LogP) is -7.43. The van der Waals surface area contributed by atoms with Gasteiger partial charge in [-0.15, -0.1) is 0 Å². The number of likely N-dealkylation sites (N-methyl/N-ethyl adjacent to an activating group) is 1. The molecule has 0 fully saturated rings. The van der Waals surface area contributed by atoms with E-state index in [1.807, 2.05) is 0 Å². The number of amides is 9. The number of rotatable bonds is 36. The van der Waals surface area contributed by atoms with Crippen molar-refractivity contribution >= 4 is 88.8 Å². The average Bonchev–Trinajstić information content (AvgIpc) is 3.25. The SMILES string of the molecule is CNC(CCC(=O)NCC(=O)O)C(=O)NC(CCC(=O)NCC(=O)O)C(=O)NC(CCSC)C(=O)NC(CCC(N)=O)C(=O)NC(CCCN=C(N)N)C(=O)NC(CCCN=C(N)N)C(N)=O. The van der Waals surface area contributed by atoms with E-state index >= 15 is 0 Å². The topological polar surface area (TPSA) is 505 Å². The Labute approximate surface area is 390 Å². The minimum absolute atomic E-state index is 0.0143. The lowest BCUT2D eigenvalue weighted by Gasteiger charge is -2.27. The largest absolute Gasteiger partial charge is 0.480 e. The molecular weight excluding hydrogens is 909 g/mol. The second-order valence-electron chi connectivity index (χ2n) is 14.7. The Morgan fingerprint density at radius 2 is 0.836 bits per heavy atom. The van der Waals surface area contributed by atoms with Crippen molar-refractivity contribution in [1.29, 1.82) is 0 Å². The summed E-state index contributed by atoms with van der Waals surface area (Å²) in [5.41, 5.74) is 32.4. The van der Waals surface area contributed by atoms with Crippen LogP contribution in [0.2, 0.25) is 0 Å². The molecule has 0 aliphatic rings. The summed E-state index contributed by atoms with van der Waals surface area (Å²) >= 11 is 1.28. The normalized spacial score (nSPS) is 13.3. The van der Waals surface area contributed by atoms with Crippen LogP contribution in [-0.2, 0) is 52.7 Å². The van der Waals surface area contributed by atoms with Gasteiger partial charge in [-0.25, -0.2) is 0 Å². The van der Waals surface area contributed by atoms with Crippen LogP contribution in [0.5, 0.6) is 0 Å². The molecule has 0 aromatic carbocycles. The zero-order valence-corrected chi connectivity index (χ0v) is 38.2. The number of hydrogen-bond acceptors (Lipinski definition) is 15. The summed E-state index contributed by atoms with van der Waals surface area (Å²) in [6, 6.07) is -8.28. The van der Waals surface area contributed by atoms with Crippen LogP contribution >= 0.6 is 11.8 Å². The summed E-state index contributed by atoms with van der Waals surface area (Å²) in [5, 5.41) is 37.1. The molecule has 0 aliphatic carbocycles. The van der Waals surface area contributed by atoms with Gasteiger partial charge in [0.15, 0.2) is 11.9 Å². The van der Waals surface area contributed by atoms with Crippen LogP contribution in [0.3, 0.4) is 0 Å². The summed E-state index contributed by atoms with van der Waals surface area (Å²) in [4.78, 5) is 147. The molecule has 0 aromatic rings. The van der Waals surface area contributed by atoms with Gasteiger partial charge in [0.05, 0.1) is 6.04 Å². The first-order valence-corrected chi connectivity index (χ1v) is 22.2. The highest BCUT2D eigenvalue weighted by molar-refractivity contribution is 7.98. The Kier molecular flexibility index (Phi) is 30.0. The first-order chi connectivity index (χ1) is 31.5. The third kappa shape index (κ3) is 28.5. The van der Waals surface area contributed by atoms with Gasteiger partial charge in [-0.3, -0.25) is 62.7 Å². The summed E-state index contributed by atoms with van der Waals surface area (Å²) < 4.78 is 0. The molecule has 0 saturated carbocycles. The molecule has 67 heavy (non-hydrogen) atoms. The molecule has 0 aliphatic heterocycles. The molecule has 0 aromatic heterocycles. The van der Waals surface area contributed by atoms with Crippen molar-refractivity contribution in [2.75, 3.05) is 45.2 Å². The highest BCUT2D eigenvalue weighted by Crippen LogP contribution is 2.09. The molecule has 378 valence electrons. The van der Waals surface area contributed by atoms with E-state index in [0.29, 0.717) is 0 Å². The Balaban J connectivity index is 6.61. The first kappa shape index (κ1) is 60.0. The molecule has 0 spiro atoms. The van der Waals surface area contributed by atoms with E-state index in [9.17, 15) is 52.7 Å². The van der Waals surface area contributed by atoms with Crippen molar-refractivity contribution in [3.63, 3.8) is 0 Å². The van der Waals surface area contributed by atoms with Gasteiger partial charge < -0.3 is 87.1 Å². The quantitative estimate of drug-likeness (QED) is 0.0158. The molecule has 0 bridgehead atoms. The van der Waals surface area contributed by atoms with E-state index in [4.69, 9.17) is 44.6 Å². The zero-order chi connectivity index (χ0) is 51.1. The summed E-state index contributed by atoms with van der Waals surface area (Å²) in [6.07, 6.45) is -0.312. The van der Waals surface area contributed by atoms with E-state index in [0.717, 1.165) is 0 Å². The molecule has 29 nitrogen and oxygen atoms in total. The lowest BCUT2D eigenvalue weighted by molar-refractivity contribution is -0.138. The van der Waals surface area contributed by atoms with Crippen molar-refractivity contribution in [3.05, 3.63) is 0 Å². The minimum atomic E-state index is -1.56. The number of hydrogen-bond donors (Lipinski definition) is 16. The molecule has 0 saturated heterocycles. The standard InChI is InChI=1S/C37H66N16O13S/c1-44-20(8-11-26(55)47-17-28(57)58)31(62)51-23(9-12-27(56)48-18-29(59)60)34(65)53-24(13-16-67-2)35(66)52-22(7-10-25(38)54)33(64)50-21(6-4-15-46-37(42)43)32(63)49-19(30(39)61)5-3-14-45-36(40)41/h19-24,44H,3-18H2,1-2H3,(H2,38,54)(H2,39,61)(H,47,55)(H,48,56)(H,49,63)(H,50,64)(H,51,62)(H,52,66)(H,53,65)(H,57,58)(H,59,60)(H4,40,41,45)(H4,42,43,46). The van der Waals surface area contributed by atoms with Gasteiger partial charge in [-0.2, -0.15) is 11.8 Å². The maximum absolute atomic E-state index is 14.0. The number of carboxylic acids is 2. The molecule has 0 rings (SSSR count). The summed E-state index contributed by atoms with van der Waals surface area (Å²) in [7, 11) is 1.37. The fourth-order valence-corrected chi connectivity index (χ4v) is 6.21. The number of primary amides is 2. The highest BCUT2D eigenvalue weighted by Gasteiger charge is 2.33. The highest BCUT2D eigenvalue weighted by atomic mass is 32.2. The van der Waals surface area contributed by atoms with E-state index < -0.39 is 140 Å². The lowest BCUT2D eigenvalue weighted by atomic mass is 10.0.